The monoisotopic (exact) mass is 161 g/mol. The van der Waals surface area contributed by atoms with Crippen LogP contribution in [0.15, 0.2) is 0 Å². The first-order chi connectivity index (χ1) is 4.95. The maximum absolute atomic E-state index is 10.6. The molecule has 0 heterocycles. The Morgan fingerprint density at radius 2 is 1.91 bits per heavy atom. The first-order valence-corrected chi connectivity index (χ1v) is 3.13. The summed E-state index contributed by atoms with van der Waals surface area (Å²) in [5, 5.41) is 8.62. The van der Waals surface area contributed by atoms with Crippen molar-refractivity contribution in [2.75, 3.05) is 0 Å². The molecule has 0 saturated carbocycles. The van der Waals surface area contributed by atoms with Crippen molar-refractivity contribution < 1.29 is 19.4 Å². The number of ether oxygens (including phenoxy) is 1. The van der Waals surface area contributed by atoms with Crippen LogP contribution in [0.5, 0.6) is 0 Å². The van der Waals surface area contributed by atoms with Gasteiger partial charge in [-0.15, -0.1) is 0 Å². The van der Waals surface area contributed by atoms with Crippen molar-refractivity contribution in [1.29, 1.82) is 0 Å². The standard InChI is InChI=1S/C6H11NO4/c1-3(8)6(10)11-4(2)5(7)9/h3-4,8H,1-2H3,(H2,7,9)/t3-,4?/m0/s1. The molecule has 0 fully saturated rings. The van der Waals surface area contributed by atoms with Gasteiger partial charge in [0.15, 0.2) is 6.10 Å². The fourth-order valence-electron chi connectivity index (χ4n) is 0.331. The van der Waals surface area contributed by atoms with Crippen LogP contribution in [0, 0.1) is 0 Å². The zero-order valence-electron chi connectivity index (χ0n) is 6.40. The molecule has 0 rings (SSSR count). The Bertz CT molecular complexity index is 166. The third kappa shape index (κ3) is 3.57. The van der Waals surface area contributed by atoms with E-state index in [1.54, 1.807) is 0 Å². The number of carbonyl (C=O) groups is 2. The number of aliphatic hydroxyl groups excluding tert-OH is 1. The van der Waals surface area contributed by atoms with Gasteiger partial charge in [-0.25, -0.2) is 4.79 Å². The molecule has 0 radical (unpaired) electrons. The molecule has 0 spiro atoms. The van der Waals surface area contributed by atoms with Crippen LogP contribution in [-0.4, -0.2) is 29.2 Å². The SMILES string of the molecule is CC(OC(=O)[C@H](C)O)C(N)=O. The van der Waals surface area contributed by atoms with Crippen LogP contribution in [0.2, 0.25) is 0 Å². The number of aliphatic hydroxyl groups is 1. The van der Waals surface area contributed by atoms with Crippen molar-refractivity contribution in [2.45, 2.75) is 26.1 Å². The highest BCUT2D eigenvalue weighted by molar-refractivity contribution is 5.82. The molecule has 0 aromatic rings. The Hall–Kier alpha value is -1.10. The first kappa shape index (κ1) is 9.90. The van der Waals surface area contributed by atoms with Gasteiger partial charge in [0.05, 0.1) is 0 Å². The van der Waals surface area contributed by atoms with Crippen molar-refractivity contribution in [3.05, 3.63) is 0 Å². The second kappa shape index (κ2) is 3.92. The number of hydrogen-bond donors (Lipinski definition) is 2. The van der Waals surface area contributed by atoms with Crippen LogP contribution in [0.4, 0.5) is 0 Å². The molecule has 1 amide bonds. The summed E-state index contributed by atoms with van der Waals surface area (Å²) in [4.78, 5) is 20.9. The van der Waals surface area contributed by atoms with Gasteiger partial charge in [-0.3, -0.25) is 4.79 Å². The highest BCUT2D eigenvalue weighted by Crippen LogP contribution is 1.93. The molecule has 5 heteroatoms. The Balaban J connectivity index is 3.85. The third-order valence-electron chi connectivity index (χ3n) is 1.03. The smallest absolute Gasteiger partial charge is 0.335 e. The molecule has 0 aliphatic heterocycles. The molecule has 2 atom stereocenters. The molecule has 11 heavy (non-hydrogen) atoms. The minimum absolute atomic E-state index is 0.737. The van der Waals surface area contributed by atoms with E-state index in [9.17, 15) is 9.59 Å². The average Bonchev–Trinajstić information content (AvgIpc) is 1.87. The summed E-state index contributed by atoms with van der Waals surface area (Å²) in [7, 11) is 0. The lowest BCUT2D eigenvalue weighted by molar-refractivity contribution is -0.161. The second-order valence-corrected chi connectivity index (χ2v) is 2.16. The number of primary amides is 1. The van der Waals surface area contributed by atoms with E-state index in [-0.39, 0.29) is 0 Å². The summed E-state index contributed by atoms with van der Waals surface area (Å²) in [6, 6.07) is 0. The molecule has 5 nitrogen and oxygen atoms in total. The zero-order valence-corrected chi connectivity index (χ0v) is 6.40. The van der Waals surface area contributed by atoms with Gasteiger partial charge in [0.1, 0.15) is 6.10 Å². The number of nitrogens with two attached hydrogens (primary N) is 1. The van der Waals surface area contributed by atoms with E-state index >= 15 is 0 Å². The third-order valence-corrected chi connectivity index (χ3v) is 1.03. The molecule has 3 N–H and O–H groups in total. The van der Waals surface area contributed by atoms with E-state index in [0.717, 1.165) is 0 Å². The fraction of sp³-hybridized carbons (Fsp3) is 0.667. The number of rotatable bonds is 3. The molecule has 0 bridgehead atoms. The normalized spacial score (nSPS) is 15.2. The van der Waals surface area contributed by atoms with Crippen molar-refractivity contribution in [3.8, 4) is 0 Å². The van der Waals surface area contributed by atoms with Gasteiger partial charge >= 0.3 is 5.97 Å². The van der Waals surface area contributed by atoms with Gasteiger partial charge in [0.2, 0.25) is 0 Å². The van der Waals surface area contributed by atoms with Crippen molar-refractivity contribution in [3.63, 3.8) is 0 Å². The summed E-state index contributed by atoms with van der Waals surface area (Å²) in [5.41, 5.74) is 4.79. The molecular weight excluding hydrogens is 150 g/mol. The molecule has 0 aromatic heterocycles. The highest BCUT2D eigenvalue weighted by Gasteiger charge is 2.17. The lowest BCUT2D eigenvalue weighted by Crippen LogP contribution is -2.33. The Kier molecular flexibility index (Phi) is 3.53. The average molecular weight is 161 g/mol. The topological polar surface area (TPSA) is 89.6 Å². The van der Waals surface area contributed by atoms with E-state index in [0.29, 0.717) is 0 Å². The minimum Gasteiger partial charge on any atom is -0.451 e. The molecule has 0 saturated heterocycles. The molecule has 0 aliphatic rings. The van der Waals surface area contributed by atoms with E-state index in [2.05, 4.69) is 4.74 Å². The summed E-state index contributed by atoms with van der Waals surface area (Å²) in [6.45, 7) is 2.58. The molecule has 0 aromatic carbocycles. The van der Waals surface area contributed by atoms with E-state index in [4.69, 9.17) is 10.8 Å². The van der Waals surface area contributed by atoms with Gasteiger partial charge in [-0.2, -0.15) is 0 Å². The van der Waals surface area contributed by atoms with E-state index < -0.39 is 24.1 Å². The van der Waals surface area contributed by atoms with Crippen LogP contribution >= 0.6 is 0 Å². The number of amides is 1. The van der Waals surface area contributed by atoms with Crippen LogP contribution in [0.1, 0.15) is 13.8 Å². The lowest BCUT2D eigenvalue weighted by Gasteiger charge is -2.10. The van der Waals surface area contributed by atoms with Crippen molar-refractivity contribution in [2.24, 2.45) is 5.73 Å². The molecule has 64 valence electrons. The Labute approximate surface area is 64.1 Å². The molecule has 0 aliphatic carbocycles. The predicted molar refractivity (Wildman–Crippen MR) is 36.4 cm³/mol. The summed E-state index contributed by atoms with van der Waals surface area (Å²) >= 11 is 0. The van der Waals surface area contributed by atoms with E-state index in [1.165, 1.54) is 13.8 Å². The maximum Gasteiger partial charge on any atom is 0.335 e. The minimum atomic E-state index is -1.23. The maximum atomic E-state index is 10.6. The van der Waals surface area contributed by atoms with Gasteiger partial charge in [-0.05, 0) is 13.8 Å². The first-order valence-electron chi connectivity index (χ1n) is 3.13. The van der Waals surface area contributed by atoms with Crippen LogP contribution < -0.4 is 5.73 Å². The number of hydrogen-bond acceptors (Lipinski definition) is 4. The zero-order chi connectivity index (χ0) is 9.02. The fourth-order valence-corrected chi connectivity index (χ4v) is 0.331. The number of carbonyl (C=O) groups excluding carboxylic acids is 2. The van der Waals surface area contributed by atoms with Crippen LogP contribution in [0.3, 0.4) is 0 Å². The van der Waals surface area contributed by atoms with Gasteiger partial charge < -0.3 is 15.6 Å². The molecule has 1 unspecified atom stereocenters. The predicted octanol–water partition coefficient (Wildman–Crippen LogP) is -1.22. The van der Waals surface area contributed by atoms with Crippen molar-refractivity contribution in [1.82, 2.24) is 0 Å². The van der Waals surface area contributed by atoms with Crippen LogP contribution in [-0.2, 0) is 14.3 Å². The van der Waals surface area contributed by atoms with Gasteiger partial charge in [0, 0.05) is 0 Å². The van der Waals surface area contributed by atoms with E-state index in [1.807, 2.05) is 0 Å². The lowest BCUT2D eigenvalue weighted by atomic mass is 10.3. The van der Waals surface area contributed by atoms with Crippen molar-refractivity contribution >= 4 is 11.9 Å². The number of esters is 1. The quantitative estimate of drug-likeness (QED) is 0.508. The van der Waals surface area contributed by atoms with Crippen LogP contribution in [0.25, 0.3) is 0 Å². The molecular formula is C6H11NO4. The summed E-state index contributed by atoms with van der Waals surface area (Å²) < 4.78 is 4.41. The highest BCUT2D eigenvalue weighted by atomic mass is 16.6. The van der Waals surface area contributed by atoms with Gasteiger partial charge in [-0.1, -0.05) is 0 Å². The summed E-state index contributed by atoms with van der Waals surface area (Å²) in [6.07, 6.45) is -2.21. The second-order valence-electron chi connectivity index (χ2n) is 2.16. The Morgan fingerprint density at radius 3 is 2.18 bits per heavy atom. The largest absolute Gasteiger partial charge is 0.451 e. The summed E-state index contributed by atoms with van der Waals surface area (Å²) in [5.74, 6) is -1.59. The van der Waals surface area contributed by atoms with Gasteiger partial charge in [0.25, 0.3) is 5.91 Å². The Morgan fingerprint density at radius 1 is 1.45 bits per heavy atom.